The fourth-order valence-corrected chi connectivity index (χ4v) is 2.35. The third kappa shape index (κ3) is 3.97. The molecule has 0 unspecified atom stereocenters. The number of carbonyl (C=O) groups is 1. The van der Waals surface area contributed by atoms with Crippen LogP contribution in [0.3, 0.4) is 0 Å². The van der Waals surface area contributed by atoms with Crippen molar-refractivity contribution in [2.75, 3.05) is 19.0 Å². The number of esters is 1. The molecule has 5 nitrogen and oxygen atoms in total. The molecule has 5 heteroatoms. The summed E-state index contributed by atoms with van der Waals surface area (Å²) >= 11 is 0. The predicted octanol–water partition coefficient (Wildman–Crippen LogP) is 3.04. The first-order valence-corrected chi connectivity index (χ1v) is 7.53. The Bertz CT molecular complexity index is 592. The molecule has 2 heterocycles. The first-order chi connectivity index (χ1) is 10.3. The van der Waals surface area contributed by atoms with E-state index in [-0.39, 0.29) is 12.5 Å². The van der Waals surface area contributed by atoms with Crippen LogP contribution in [0.5, 0.6) is 0 Å². The molecular formula is C16H23N3O2. The normalized spacial score (nSPS) is 10.8. The van der Waals surface area contributed by atoms with E-state index in [1.54, 1.807) is 0 Å². The number of nitrogens with zero attached hydrogens (tertiary/aromatic N) is 2. The van der Waals surface area contributed by atoms with Crippen molar-refractivity contribution in [2.45, 2.75) is 39.0 Å². The zero-order valence-electron chi connectivity index (χ0n) is 12.8. The van der Waals surface area contributed by atoms with Crippen LogP contribution in [0.1, 0.15) is 38.3 Å². The first-order valence-electron chi connectivity index (χ1n) is 7.53. The van der Waals surface area contributed by atoms with Crippen LogP contribution in [0.15, 0.2) is 24.4 Å². The fourth-order valence-electron chi connectivity index (χ4n) is 2.35. The standard InChI is InChI=1S/C16H23N3O2/c1-3-4-5-6-9-13-16(17-12-15(20)21-2)19-11-8-7-10-14(19)18-13/h7-8,10-11,17H,3-6,9,12H2,1-2H3. The highest BCUT2D eigenvalue weighted by atomic mass is 16.5. The molecule has 1 N–H and O–H groups in total. The molecule has 0 aliphatic heterocycles. The summed E-state index contributed by atoms with van der Waals surface area (Å²) < 4.78 is 6.67. The largest absolute Gasteiger partial charge is 0.468 e. The second-order valence-corrected chi connectivity index (χ2v) is 5.08. The van der Waals surface area contributed by atoms with Crippen molar-refractivity contribution in [3.05, 3.63) is 30.1 Å². The van der Waals surface area contributed by atoms with Gasteiger partial charge in [-0.1, -0.05) is 32.3 Å². The Hall–Kier alpha value is -2.04. The lowest BCUT2D eigenvalue weighted by Gasteiger charge is -2.07. The Morgan fingerprint density at radius 1 is 1.33 bits per heavy atom. The van der Waals surface area contributed by atoms with E-state index >= 15 is 0 Å². The van der Waals surface area contributed by atoms with E-state index in [0.29, 0.717) is 0 Å². The molecular weight excluding hydrogens is 266 g/mol. The Labute approximate surface area is 125 Å². The van der Waals surface area contributed by atoms with Gasteiger partial charge in [0.1, 0.15) is 18.0 Å². The number of pyridine rings is 1. The highest BCUT2D eigenvalue weighted by Gasteiger charge is 2.12. The maximum atomic E-state index is 11.3. The van der Waals surface area contributed by atoms with Gasteiger partial charge in [0.25, 0.3) is 0 Å². The number of carbonyl (C=O) groups excluding carboxylic acids is 1. The molecule has 0 fully saturated rings. The summed E-state index contributed by atoms with van der Waals surface area (Å²) in [6, 6.07) is 5.89. The number of unbranched alkanes of at least 4 members (excludes halogenated alkanes) is 3. The number of ether oxygens (including phenoxy) is 1. The minimum Gasteiger partial charge on any atom is -0.468 e. The SMILES string of the molecule is CCCCCCc1nc2ccccn2c1NCC(=O)OC. The van der Waals surface area contributed by atoms with E-state index in [1.807, 2.05) is 28.8 Å². The van der Waals surface area contributed by atoms with Gasteiger partial charge in [0.05, 0.1) is 12.8 Å². The van der Waals surface area contributed by atoms with Crippen molar-refractivity contribution in [3.63, 3.8) is 0 Å². The fraction of sp³-hybridized carbons (Fsp3) is 0.500. The zero-order valence-corrected chi connectivity index (χ0v) is 12.8. The Balaban J connectivity index is 2.15. The third-order valence-electron chi connectivity index (χ3n) is 3.50. The smallest absolute Gasteiger partial charge is 0.325 e. The molecule has 2 aromatic rings. The van der Waals surface area contributed by atoms with E-state index in [2.05, 4.69) is 22.0 Å². The monoisotopic (exact) mass is 289 g/mol. The quantitative estimate of drug-likeness (QED) is 0.599. The minimum absolute atomic E-state index is 0.154. The summed E-state index contributed by atoms with van der Waals surface area (Å²) in [5, 5.41) is 3.15. The van der Waals surface area contributed by atoms with Crippen molar-refractivity contribution in [2.24, 2.45) is 0 Å². The number of rotatable bonds is 8. The Morgan fingerprint density at radius 3 is 2.95 bits per heavy atom. The molecule has 0 bridgehead atoms. The lowest BCUT2D eigenvalue weighted by molar-refractivity contribution is -0.138. The van der Waals surface area contributed by atoms with Gasteiger partial charge in [0.2, 0.25) is 0 Å². The number of anilines is 1. The maximum Gasteiger partial charge on any atom is 0.325 e. The van der Waals surface area contributed by atoms with Gasteiger partial charge in [-0.15, -0.1) is 0 Å². The van der Waals surface area contributed by atoms with E-state index in [4.69, 9.17) is 0 Å². The topological polar surface area (TPSA) is 55.6 Å². The van der Waals surface area contributed by atoms with Crippen molar-refractivity contribution >= 4 is 17.4 Å². The highest BCUT2D eigenvalue weighted by molar-refractivity contribution is 5.75. The van der Waals surface area contributed by atoms with Crippen LogP contribution >= 0.6 is 0 Å². The second-order valence-electron chi connectivity index (χ2n) is 5.08. The molecule has 114 valence electrons. The van der Waals surface area contributed by atoms with Crippen LogP contribution < -0.4 is 5.32 Å². The van der Waals surface area contributed by atoms with Gasteiger partial charge >= 0.3 is 5.97 Å². The number of methoxy groups -OCH3 is 1. The lowest BCUT2D eigenvalue weighted by Crippen LogP contribution is -2.16. The van der Waals surface area contributed by atoms with Gasteiger partial charge in [-0.2, -0.15) is 0 Å². The van der Waals surface area contributed by atoms with E-state index < -0.39 is 0 Å². The van der Waals surface area contributed by atoms with Crippen LogP contribution in [0, 0.1) is 0 Å². The van der Waals surface area contributed by atoms with E-state index in [0.717, 1.165) is 30.0 Å². The average molecular weight is 289 g/mol. The second kappa shape index (κ2) is 7.67. The molecule has 0 amide bonds. The molecule has 2 rings (SSSR count). The number of hydrogen-bond acceptors (Lipinski definition) is 4. The van der Waals surface area contributed by atoms with Crippen LogP contribution in [0.25, 0.3) is 5.65 Å². The predicted molar refractivity (Wildman–Crippen MR) is 83.5 cm³/mol. The number of aromatic nitrogens is 2. The summed E-state index contributed by atoms with van der Waals surface area (Å²) in [4.78, 5) is 16.0. The van der Waals surface area contributed by atoms with Crippen molar-refractivity contribution in [1.82, 2.24) is 9.38 Å². The summed E-state index contributed by atoms with van der Waals surface area (Å²) in [6.07, 6.45) is 7.67. The molecule has 0 saturated carbocycles. The first kappa shape index (κ1) is 15.4. The molecule has 0 spiro atoms. The highest BCUT2D eigenvalue weighted by Crippen LogP contribution is 2.20. The number of fused-ring (bicyclic) bond motifs is 1. The number of hydrogen-bond donors (Lipinski definition) is 1. The molecule has 0 radical (unpaired) electrons. The summed E-state index contributed by atoms with van der Waals surface area (Å²) in [6.45, 7) is 2.36. The van der Waals surface area contributed by atoms with Crippen molar-refractivity contribution < 1.29 is 9.53 Å². The third-order valence-corrected chi connectivity index (χ3v) is 3.50. The lowest BCUT2D eigenvalue weighted by atomic mass is 10.1. The van der Waals surface area contributed by atoms with E-state index in [9.17, 15) is 4.79 Å². The van der Waals surface area contributed by atoms with Gasteiger partial charge in [0, 0.05) is 6.20 Å². The molecule has 2 aromatic heterocycles. The van der Waals surface area contributed by atoms with Gasteiger partial charge in [-0.3, -0.25) is 9.20 Å². The van der Waals surface area contributed by atoms with Gasteiger partial charge < -0.3 is 10.1 Å². The number of nitrogens with one attached hydrogen (secondary N) is 1. The zero-order chi connectivity index (χ0) is 15.1. The molecule has 0 aromatic carbocycles. The number of aryl methyl sites for hydroxylation is 1. The van der Waals surface area contributed by atoms with Crippen molar-refractivity contribution in [1.29, 1.82) is 0 Å². The molecule has 21 heavy (non-hydrogen) atoms. The van der Waals surface area contributed by atoms with Crippen LogP contribution in [0.4, 0.5) is 5.82 Å². The molecule has 0 aliphatic rings. The average Bonchev–Trinajstić information content (AvgIpc) is 2.86. The Kier molecular flexibility index (Phi) is 5.60. The molecule has 0 aliphatic carbocycles. The summed E-state index contributed by atoms with van der Waals surface area (Å²) in [7, 11) is 1.39. The number of imidazole rings is 1. The summed E-state index contributed by atoms with van der Waals surface area (Å²) in [5.74, 6) is 0.616. The Morgan fingerprint density at radius 2 is 2.19 bits per heavy atom. The molecule has 0 saturated heterocycles. The van der Waals surface area contributed by atoms with E-state index in [1.165, 1.54) is 26.4 Å². The van der Waals surface area contributed by atoms with Crippen LogP contribution in [-0.4, -0.2) is 29.0 Å². The van der Waals surface area contributed by atoms with Crippen LogP contribution in [-0.2, 0) is 16.0 Å². The minimum atomic E-state index is -0.280. The maximum absolute atomic E-state index is 11.3. The van der Waals surface area contributed by atoms with Gasteiger partial charge in [0.15, 0.2) is 0 Å². The molecule has 0 atom stereocenters. The van der Waals surface area contributed by atoms with Gasteiger partial charge in [-0.05, 0) is 25.0 Å². The van der Waals surface area contributed by atoms with Gasteiger partial charge in [-0.25, -0.2) is 4.98 Å². The van der Waals surface area contributed by atoms with Crippen LogP contribution in [0.2, 0.25) is 0 Å². The summed E-state index contributed by atoms with van der Waals surface area (Å²) in [5.41, 5.74) is 1.91. The van der Waals surface area contributed by atoms with Crippen molar-refractivity contribution in [3.8, 4) is 0 Å².